The van der Waals surface area contributed by atoms with Gasteiger partial charge in [-0.15, -0.1) is 0 Å². The van der Waals surface area contributed by atoms with Crippen molar-refractivity contribution in [2.45, 2.75) is 6.42 Å². The number of pyridine rings is 1. The smallest absolute Gasteiger partial charge is 0.338 e. The first kappa shape index (κ1) is 9.86. The quantitative estimate of drug-likeness (QED) is 0.725. The molecule has 1 aromatic rings. The molecule has 0 radical (unpaired) electrons. The molecule has 2 rings (SSSR count). The SMILES string of the molecule is COC(=O)c1ccnc2c1CC(CO)=C2. The van der Waals surface area contributed by atoms with Gasteiger partial charge in [-0.3, -0.25) is 4.98 Å². The Hall–Kier alpha value is -1.68. The molecule has 0 unspecified atom stereocenters. The number of ether oxygens (including phenoxy) is 1. The summed E-state index contributed by atoms with van der Waals surface area (Å²) in [6.07, 6.45) is 3.95. The second kappa shape index (κ2) is 3.82. The number of hydrogen-bond acceptors (Lipinski definition) is 4. The number of hydrogen-bond donors (Lipinski definition) is 1. The molecule has 1 aromatic heterocycles. The largest absolute Gasteiger partial charge is 0.465 e. The van der Waals surface area contributed by atoms with Crippen LogP contribution in [0.25, 0.3) is 6.08 Å². The molecule has 0 bridgehead atoms. The van der Waals surface area contributed by atoms with Gasteiger partial charge in [0.2, 0.25) is 0 Å². The molecule has 0 saturated heterocycles. The number of aromatic nitrogens is 1. The molecule has 78 valence electrons. The van der Waals surface area contributed by atoms with Crippen molar-refractivity contribution in [3.63, 3.8) is 0 Å². The number of carbonyl (C=O) groups is 1. The molecule has 15 heavy (non-hydrogen) atoms. The molecule has 0 amide bonds. The Kier molecular flexibility index (Phi) is 2.51. The Labute approximate surface area is 87.2 Å². The third kappa shape index (κ3) is 1.64. The number of rotatable bonds is 2. The number of aliphatic hydroxyl groups is 1. The number of nitrogens with zero attached hydrogens (tertiary/aromatic N) is 1. The van der Waals surface area contributed by atoms with E-state index in [4.69, 9.17) is 5.11 Å². The zero-order valence-electron chi connectivity index (χ0n) is 8.36. The molecule has 0 atom stereocenters. The maximum Gasteiger partial charge on any atom is 0.338 e. The van der Waals surface area contributed by atoms with Crippen LogP contribution in [0.4, 0.5) is 0 Å². The van der Waals surface area contributed by atoms with Crippen molar-refractivity contribution < 1.29 is 14.6 Å². The average molecular weight is 205 g/mol. The van der Waals surface area contributed by atoms with Gasteiger partial charge in [0, 0.05) is 6.20 Å². The molecule has 1 heterocycles. The van der Waals surface area contributed by atoms with E-state index in [2.05, 4.69) is 9.72 Å². The van der Waals surface area contributed by atoms with Crippen molar-refractivity contribution in [3.8, 4) is 0 Å². The minimum atomic E-state index is -0.360. The fourth-order valence-corrected chi connectivity index (χ4v) is 1.69. The van der Waals surface area contributed by atoms with Crippen LogP contribution < -0.4 is 0 Å². The summed E-state index contributed by atoms with van der Waals surface area (Å²) >= 11 is 0. The number of carbonyl (C=O) groups excluding carboxylic acids is 1. The molecule has 0 aromatic carbocycles. The Balaban J connectivity index is 2.42. The maximum absolute atomic E-state index is 11.4. The number of aliphatic hydroxyl groups excluding tert-OH is 1. The predicted octanol–water partition coefficient (Wildman–Crippen LogP) is 0.800. The molecule has 1 N–H and O–H groups in total. The van der Waals surface area contributed by atoms with Gasteiger partial charge in [0.1, 0.15) is 0 Å². The summed E-state index contributed by atoms with van der Waals surface area (Å²) in [5, 5.41) is 9.01. The fourth-order valence-electron chi connectivity index (χ4n) is 1.69. The van der Waals surface area contributed by atoms with E-state index in [-0.39, 0.29) is 12.6 Å². The molecular formula is C11H11NO3. The van der Waals surface area contributed by atoms with Gasteiger partial charge in [-0.25, -0.2) is 4.79 Å². The Morgan fingerprint density at radius 2 is 2.47 bits per heavy atom. The Morgan fingerprint density at radius 1 is 1.67 bits per heavy atom. The van der Waals surface area contributed by atoms with Crippen LogP contribution in [0.2, 0.25) is 0 Å². The van der Waals surface area contributed by atoms with E-state index in [9.17, 15) is 4.79 Å². The Morgan fingerprint density at radius 3 is 3.13 bits per heavy atom. The lowest BCUT2D eigenvalue weighted by Gasteiger charge is -2.05. The first-order chi connectivity index (χ1) is 7.26. The summed E-state index contributed by atoms with van der Waals surface area (Å²) in [6.45, 7) is -0.00300. The predicted molar refractivity (Wildman–Crippen MR) is 54.3 cm³/mol. The highest BCUT2D eigenvalue weighted by Crippen LogP contribution is 2.26. The normalized spacial score (nSPS) is 13.3. The van der Waals surface area contributed by atoms with Crippen LogP contribution in [0.3, 0.4) is 0 Å². The van der Waals surface area contributed by atoms with Gasteiger partial charge in [-0.2, -0.15) is 0 Å². The van der Waals surface area contributed by atoms with E-state index >= 15 is 0 Å². The average Bonchev–Trinajstić information content (AvgIpc) is 2.70. The molecule has 0 fully saturated rings. The zero-order valence-corrected chi connectivity index (χ0v) is 8.36. The third-order valence-corrected chi connectivity index (χ3v) is 2.44. The van der Waals surface area contributed by atoms with Crippen LogP contribution in [0.15, 0.2) is 17.8 Å². The first-order valence-corrected chi connectivity index (χ1v) is 4.62. The number of methoxy groups -OCH3 is 1. The summed E-state index contributed by atoms with van der Waals surface area (Å²) in [5.74, 6) is -0.360. The van der Waals surface area contributed by atoms with Crippen molar-refractivity contribution in [1.29, 1.82) is 0 Å². The van der Waals surface area contributed by atoms with Crippen LogP contribution in [0.1, 0.15) is 21.6 Å². The van der Waals surface area contributed by atoms with E-state index < -0.39 is 0 Å². The van der Waals surface area contributed by atoms with Crippen molar-refractivity contribution in [3.05, 3.63) is 34.7 Å². The van der Waals surface area contributed by atoms with Crippen molar-refractivity contribution in [1.82, 2.24) is 4.98 Å². The highest BCUT2D eigenvalue weighted by Gasteiger charge is 2.20. The van der Waals surface area contributed by atoms with Crippen LogP contribution in [0, 0.1) is 0 Å². The highest BCUT2D eigenvalue weighted by atomic mass is 16.5. The summed E-state index contributed by atoms with van der Waals surface area (Å²) in [4.78, 5) is 15.6. The van der Waals surface area contributed by atoms with Crippen LogP contribution in [-0.2, 0) is 11.2 Å². The maximum atomic E-state index is 11.4. The van der Waals surface area contributed by atoms with Gasteiger partial charge >= 0.3 is 5.97 Å². The van der Waals surface area contributed by atoms with Crippen molar-refractivity contribution >= 4 is 12.0 Å². The molecular weight excluding hydrogens is 194 g/mol. The lowest BCUT2D eigenvalue weighted by atomic mass is 10.1. The topological polar surface area (TPSA) is 59.4 Å². The minimum absolute atomic E-state index is 0.00300. The second-order valence-electron chi connectivity index (χ2n) is 3.35. The van der Waals surface area contributed by atoms with E-state index in [1.165, 1.54) is 7.11 Å². The van der Waals surface area contributed by atoms with Gasteiger partial charge < -0.3 is 9.84 Å². The summed E-state index contributed by atoms with van der Waals surface area (Å²) in [6, 6.07) is 1.64. The first-order valence-electron chi connectivity index (χ1n) is 4.62. The number of fused-ring (bicyclic) bond motifs is 1. The fraction of sp³-hybridized carbons (Fsp3) is 0.273. The Bertz CT molecular complexity index is 437. The van der Waals surface area contributed by atoms with E-state index in [1.54, 1.807) is 12.3 Å². The molecule has 1 aliphatic rings. The molecule has 0 saturated carbocycles. The summed E-state index contributed by atoms with van der Waals surface area (Å²) in [7, 11) is 1.35. The molecule has 4 nitrogen and oxygen atoms in total. The van der Waals surface area contributed by atoms with Gasteiger partial charge in [-0.05, 0) is 29.7 Å². The third-order valence-electron chi connectivity index (χ3n) is 2.44. The lowest BCUT2D eigenvalue weighted by molar-refractivity contribution is 0.0599. The number of esters is 1. The zero-order chi connectivity index (χ0) is 10.8. The van der Waals surface area contributed by atoms with E-state index in [1.807, 2.05) is 6.08 Å². The molecule has 4 heteroatoms. The molecule has 0 spiro atoms. The standard InChI is InChI=1S/C11H11NO3/c1-15-11(14)8-2-3-12-10-5-7(6-13)4-9(8)10/h2-3,5,13H,4,6H2,1H3. The van der Waals surface area contributed by atoms with E-state index in [0.717, 1.165) is 16.8 Å². The van der Waals surface area contributed by atoms with Crippen LogP contribution in [-0.4, -0.2) is 29.8 Å². The van der Waals surface area contributed by atoms with Gasteiger partial charge in [0.05, 0.1) is 25.0 Å². The lowest BCUT2D eigenvalue weighted by Crippen LogP contribution is -2.07. The van der Waals surface area contributed by atoms with Crippen molar-refractivity contribution in [2.75, 3.05) is 13.7 Å². The van der Waals surface area contributed by atoms with Crippen LogP contribution in [0.5, 0.6) is 0 Å². The van der Waals surface area contributed by atoms with Crippen molar-refractivity contribution in [2.24, 2.45) is 0 Å². The van der Waals surface area contributed by atoms with E-state index in [0.29, 0.717) is 12.0 Å². The van der Waals surface area contributed by atoms with Gasteiger partial charge in [0.15, 0.2) is 0 Å². The van der Waals surface area contributed by atoms with Gasteiger partial charge in [-0.1, -0.05) is 0 Å². The molecule has 0 aliphatic heterocycles. The summed E-state index contributed by atoms with van der Waals surface area (Å²) < 4.78 is 4.68. The van der Waals surface area contributed by atoms with Crippen LogP contribution >= 0.6 is 0 Å². The minimum Gasteiger partial charge on any atom is -0.465 e. The highest BCUT2D eigenvalue weighted by molar-refractivity contribution is 5.92. The molecule has 1 aliphatic carbocycles. The summed E-state index contributed by atoms with van der Waals surface area (Å²) in [5.41, 5.74) is 2.99. The second-order valence-corrected chi connectivity index (χ2v) is 3.35. The monoisotopic (exact) mass is 205 g/mol. The van der Waals surface area contributed by atoms with Gasteiger partial charge in [0.25, 0.3) is 0 Å².